The zero-order valence-corrected chi connectivity index (χ0v) is 14.0. The Hall–Kier alpha value is -1.62. The predicted octanol–water partition coefficient (Wildman–Crippen LogP) is 3.13. The number of likely N-dealkylation sites (tertiary alicyclic amines) is 1. The Morgan fingerprint density at radius 1 is 1.50 bits per heavy atom. The number of carbonyl (C=O) groups excluding carboxylic acids is 1. The molecule has 122 valence electrons. The quantitative estimate of drug-likeness (QED) is 0.928. The number of amides is 1. The molecule has 5 nitrogen and oxygen atoms in total. The van der Waals surface area contributed by atoms with Crippen LogP contribution in [-0.2, 0) is 4.74 Å². The Bertz CT molecular complexity index is 484. The van der Waals surface area contributed by atoms with Crippen LogP contribution in [0.5, 0.6) is 0 Å². The minimum absolute atomic E-state index is 0.169. The molecule has 1 aromatic rings. The van der Waals surface area contributed by atoms with E-state index in [4.69, 9.17) is 4.74 Å². The van der Waals surface area contributed by atoms with Gasteiger partial charge in [-0.3, -0.25) is 4.98 Å². The standard InChI is InChI=1S/C17H27N3O2/c1-13(15-9-5-6-10-18-15)19-12-14-8-7-11-20(14)16(21)22-17(2,3)4/h5-6,9-10,13-14,19H,7-8,11-12H2,1-4H3/t13-,14?/m1/s1. The van der Waals surface area contributed by atoms with Crippen molar-refractivity contribution in [1.82, 2.24) is 15.2 Å². The van der Waals surface area contributed by atoms with E-state index in [1.54, 1.807) is 6.20 Å². The van der Waals surface area contributed by atoms with Crippen LogP contribution in [0.15, 0.2) is 24.4 Å². The molecule has 1 aliphatic rings. The topological polar surface area (TPSA) is 54.5 Å². The van der Waals surface area contributed by atoms with Gasteiger partial charge in [0.2, 0.25) is 0 Å². The van der Waals surface area contributed by atoms with E-state index < -0.39 is 5.60 Å². The first kappa shape index (κ1) is 16.7. The highest BCUT2D eigenvalue weighted by Gasteiger charge is 2.32. The third-order valence-electron chi connectivity index (χ3n) is 3.80. The molecule has 1 N–H and O–H groups in total. The molecule has 1 fully saturated rings. The fraction of sp³-hybridized carbons (Fsp3) is 0.647. The van der Waals surface area contributed by atoms with Crippen LogP contribution < -0.4 is 5.32 Å². The molecule has 0 aromatic carbocycles. The third-order valence-corrected chi connectivity index (χ3v) is 3.80. The number of carbonyl (C=O) groups is 1. The summed E-state index contributed by atoms with van der Waals surface area (Å²) in [5, 5.41) is 3.48. The number of hydrogen-bond acceptors (Lipinski definition) is 4. The van der Waals surface area contributed by atoms with Crippen molar-refractivity contribution in [2.45, 2.75) is 58.2 Å². The fourth-order valence-corrected chi connectivity index (χ4v) is 2.66. The van der Waals surface area contributed by atoms with Gasteiger partial charge in [-0.15, -0.1) is 0 Å². The maximum absolute atomic E-state index is 12.2. The molecule has 2 rings (SSSR count). The lowest BCUT2D eigenvalue weighted by molar-refractivity contribution is 0.0225. The second-order valence-corrected chi connectivity index (χ2v) is 6.85. The van der Waals surface area contributed by atoms with Crippen LogP contribution in [0, 0.1) is 0 Å². The summed E-state index contributed by atoms with van der Waals surface area (Å²) in [5.41, 5.74) is 0.572. The number of aromatic nitrogens is 1. The van der Waals surface area contributed by atoms with Gasteiger partial charge in [-0.1, -0.05) is 6.07 Å². The van der Waals surface area contributed by atoms with E-state index in [0.717, 1.165) is 31.6 Å². The number of nitrogens with zero attached hydrogens (tertiary/aromatic N) is 2. The zero-order valence-electron chi connectivity index (χ0n) is 14.0. The summed E-state index contributed by atoms with van der Waals surface area (Å²) in [5.74, 6) is 0. The van der Waals surface area contributed by atoms with Crippen molar-refractivity contribution >= 4 is 6.09 Å². The Morgan fingerprint density at radius 3 is 2.91 bits per heavy atom. The SMILES string of the molecule is C[C@@H](NCC1CCCN1C(=O)OC(C)(C)C)c1ccccn1. The maximum Gasteiger partial charge on any atom is 0.410 e. The number of hydrogen-bond donors (Lipinski definition) is 1. The molecule has 0 bridgehead atoms. The van der Waals surface area contributed by atoms with Crippen LogP contribution in [0.25, 0.3) is 0 Å². The van der Waals surface area contributed by atoms with Gasteiger partial charge in [0.05, 0.1) is 5.69 Å². The van der Waals surface area contributed by atoms with E-state index in [0.29, 0.717) is 0 Å². The number of ether oxygens (including phenoxy) is 1. The van der Waals surface area contributed by atoms with Gasteiger partial charge in [-0.25, -0.2) is 4.79 Å². The van der Waals surface area contributed by atoms with Crippen molar-refractivity contribution in [1.29, 1.82) is 0 Å². The minimum Gasteiger partial charge on any atom is -0.444 e. The molecule has 0 spiro atoms. The van der Waals surface area contributed by atoms with E-state index in [-0.39, 0.29) is 18.2 Å². The van der Waals surface area contributed by atoms with E-state index in [1.165, 1.54) is 0 Å². The third kappa shape index (κ3) is 4.70. The van der Waals surface area contributed by atoms with Gasteiger partial charge in [0.25, 0.3) is 0 Å². The van der Waals surface area contributed by atoms with E-state index in [2.05, 4.69) is 17.2 Å². The number of nitrogens with one attached hydrogen (secondary N) is 1. The summed E-state index contributed by atoms with van der Waals surface area (Å²) in [6.07, 6.45) is 3.64. The van der Waals surface area contributed by atoms with Crippen molar-refractivity contribution in [3.63, 3.8) is 0 Å². The largest absolute Gasteiger partial charge is 0.444 e. The van der Waals surface area contributed by atoms with E-state index in [9.17, 15) is 4.79 Å². The van der Waals surface area contributed by atoms with Gasteiger partial charge in [0, 0.05) is 31.4 Å². The van der Waals surface area contributed by atoms with E-state index >= 15 is 0 Å². The highest BCUT2D eigenvalue weighted by molar-refractivity contribution is 5.69. The fourth-order valence-electron chi connectivity index (χ4n) is 2.66. The first-order chi connectivity index (χ1) is 10.4. The molecule has 1 aliphatic heterocycles. The van der Waals surface area contributed by atoms with Gasteiger partial charge in [0.1, 0.15) is 5.60 Å². The highest BCUT2D eigenvalue weighted by atomic mass is 16.6. The molecule has 2 heterocycles. The number of pyridine rings is 1. The first-order valence-electron chi connectivity index (χ1n) is 8.01. The van der Waals surface area contributed by atoms with E-state index in [1.807, 2.05) is 43.9 Å². The molecule has 2 atom stereocenters. The summed E-state index contributed by atoms with van der Waals surface area (Å²) in [7, 11) is 0. The molecule has 1 amide bonds. The average molecular weight is 305 g/mol. The molecule has 22 heavy (non-hydrogen) atoms. The molecule has 0 aliphatic carbocycles. The molecule has 1 saturated heterocycles. The molecular formula is C17H27N3O2. The molecule has 5 heteroatoms. The summed E-state index contributed by atoms with van der Waals surface area (Å²) in [6.45, 7) is 9.33. The molecule has 1 aromatic heterocycles. The zero-order chi connectivity index (χ0) is 16.2. The van der Waals surface area contributed by atoms with Crippen LogP contribution in [-0.4, -0.2) is 40.7 Å². The Labute approximate surface area is 133 Å². The smallest absolute Gasteiger partial charge is 0.410 e. The Morgan fingerprint density at radius 2 is 2.27 bits per heavy atom. The van der Waals surface area contributed by atoms with Gasteiger partial charge in [0.15, 0.2) is 0 Å². The Kier molecular flexibility index (Phi) is 5.40. The normalized spacial score (nSPS) is 20.0. The van der Waals surface area contributed by atoms with Crippen LogP contribution in [0.1, 0.15) is 52.3 Å². The average Bonchev–Trinajstić information content (AvgIpc) is 2.92. The van der Waals surface area contributed by atoms with Crippen LogP contribution in [0.3, 0.4) is 0 Å². The summed E-state index contributed by atoms with van der Waals surface area (Å²) in [4.78, 5) is 18.5. The first-order valence-corrected chi connectivity index (χ1v) is 8.01. The van der Waals surface area contributed by atoms with Crippen molar-refractivity contribution in [3.05, 3.63) is 30.1 Å². The van der Waals surface area contributed by atoms with Crippen molar-refractivity contribution in [2.75, 3.05) is 13.1 Å². The molecule has 0 radical (unpaired) electrons. The molecular weight excluding hydrogens is 278 g/mol. The second-order valence-electron chi connectivity index (χ2n) is 6.85. The van der Waals surface area contributed by atoms with Crippen molar-refractivity contribution in [3.8, 4) is 0 Å². The van der Waals surface area contributed by atoms with Crippen molar-refractivity contribution in [2.24, 2.45) is 0 Å². The van der Waals surface area contributed by atoms with Gasteiger partial charge in [-0.05, 0) is 52.7 Å². The highest BCUT2D eigenvalue weighted by Crippen LogP contribution is 2.21. The Balaban J connectivity index is 1.87. The van der Waals surface area contributed by atoms with Gasteiger partial charge < -0.3 is 15.0 Å². The lowest BCUT2D eigenvalue weighted by Crippen LogP contribution is -2.44. The summed E-state index contributed by atoms with van der Waals surface area (Å²) in [6, 6.07) is 6.28. The predicted molar refractivity (Wildman–Crippen MR) is 86.6 cm³/mol. The van der Waals surface area contributed by atoms with Gasteiger partial charge >= 0.3 is 6.09 Å². The monoisotopic (exact) mass is 305 g/mol. The summed E-state index contributed by atoms with van der Waals surface area (Å²) >= 11 is 0. The molecule has 1 unspecified atom stereocenters. The van der Waals surface area contributed by atoms with Crippen LogP contribution in [0.2, 0.25) is 0 Å². The lowest BCUT2D eigenvalue weighted by Gasteiger charge is -2.29. The lowest BCUT2D eigenvalue weighted by atomic mass is 10.1. The molecule has 0 saturated carbocycles. The van der Waals surface area contributed by atoms with Crippen molar-refractivity contribution < 1.29 is 9.53 Å². The summed E-state index contributed by atoms with van der Waals surface area (Å²) < 4.78 is 5.49. The van der Waals surface area contributed by atoms with Crippen LogP contribution >= 0.6 is 0 Å². The minimum atomic E-state index is -0.446. The number of rotatable bonds is 4. The second kappa shape index (κ2) is 7.09. The van der Waals surface area contributed by atoms with Crippen LogP contribution in [0.4, 0.5) is 4.79 Å². The maximum atomic E-state index is 12.2. The van der Waals surface area contributed by atoms with Gasteiger partial charge in [-0.2, -0.15) is 0 Å².